The standard InChI is InChI=1S/C8H8Cl2O3/c1-13-8(7(11)12)5(9)3-2-4-6(8)10/h2-5H,1H3,(H,11,12). The highest BCUT2D eigenvalue weighted by Crippen LogP contribution is 2.35. The number of halogens is 2. The third kappa shape index (κ3) is 1.47. The molecule has 0 aliphatic heterocycles. The average molecular weight is 223 g/mol. The van der Waals surface area contributed by atoms with Crippen LogP contribution >= 0.6 is 23.2 Å². The van der Waals surface area contributed by atoms with Gasteiger partial charge in [-0.3, -0.25) is 0 Å². The maximum Gasteiger partial charge on any atom is 0.343 e. The molecule has 1 aliphatic carbocycles. The van der Waals surface area contributed by atoms with E-state index in [4.69, 9.17) is 33.0 Å². The molecule has 0 heterocycles. The molecule has 13 heavy (non-hydrogen) atoms. The number of alkyl halides is 1. The average Bonchev–Trinajstić information content (AvgIpc) is 2.05. The molecular formula is C8H8Cl2O3. The summed E-state index contributed by atoms with van der Waals surface area (Å²) in [5.41, 5.74) is -1.64. The van der Waals surface area contributed by atoms with Crippen LogP contribution in [0.25, 0.3) is 0 Å². The van der Waals surface area contributed by atoms with Crippen molar-refractivity contribution < 1.29 is 14.6 Å². The zero-order valence-corrected chi connectivity index (χ0v) is 8.34. The van der Waals surface area contributed by atoms with Crippen LogP contribution in [0.4, 0.5) is 0 Å². The summed E-state index contributed by atoms with van der Waals surface area (Å²) in [5, 5.41) is 8.24. The normalized spacial score (nSPS) is 32.8. The topological polar surface area (TPSA) is 46.5 Å². The lowest BCUT2D eigenvalue weighted by molar-refractivity contribution is -0.156. The van der Waals surface area contributed by atoms with E-state index in [0.717, 1.165) is 0 Å². The number of rotatable bonds is 2. The van der Waals surface area contributed by atoms with E-state index >= 15 is 0 Å². The number of ether oxygens (including phenoxy) is 1. The van der Waals surface area contributed by atoms with Crippen LogP contribution in [0.1, 0.15) is 0 Å². The molecule has 0 spiro atoms. The molecule has 1 aliphatic rings. The van der Waals surface area contributed by atoms with Crippen molar-refractivity contribution in [3.05, 3.63) is 23.3 Å². The van der Waals surface area contributed by atoms with Crippen LogP contribution in [-0.4, -0.2) is 29.2 Å². The number of carboxylic acid groups (broad SMARTS) is 1. The maximum atomic E-state index is 11.0. The molecule has 72 valence electrons. The third-order valence-corrected chi connectivity index (χ3v) is 2.77. The summed E-state index contributed by atoms with van der Waals surface area (Å²) in [6.45, 7) is 0. The molecule has 0 saturated carbocycles. The predicted octanol–water partition coefficient (Wildman–Crippen LogP) is 1.76. The van der Waals surface area contributed by atoms with E-state index in [1.54, 1.807) is 6.08 Å². The predicted molar refractivity (Wildman–Crippen MR) is 50.1 cm³/mol. The molecule has 1 N–H and O–H groups in total. The van der Waals surface area contributed by atoms with Crippen molar-refractivity contribution in [2.45, 2.75) is 11.0 Å². The molecule has 2 unspecified atom stereocenters. The van der Waals surface area contributed by atoms with Gasteiger partial charge in [0.05, 0.1) is 10.4 Å². The zero-order chi connectivity index (χ0) is 10.1. The second-order valence-electron chi connectivity index (χ2n) is 2.55. The Morgan fingerprint density at radius 2 is 2.38 bits per heavy atom. The van der Waals surface area contributed by atoms with Crippen molar-refractivity contribution in [1.29, 1.82) is 0 Å². The van der Waals surface area contributed by atoms with Gasteiger partial charge in [-0.05, 0) is 6.08 Å². The molecular weight excluding hydrogens is 215 g/mol. The van der Waals surface area contributed by atoms with Gasteiger partial charge in [0.25, 0.3) is 0 Å². The van der Waals surface area contributed by atoms with E-state index in [1.165, 1.54) is 19.3 Å². The maximum absolute atomic E-state index is 11.0. The number of carbonyl (C=O) groups is 1. The van der Waals surface area contributed by atoms with Crippen molar-refractivity contribution in [2.75, 3.05) is 7.11 Å². The third-order valence-electron chi connectivity index (χ3n) is 1.91. The van der Waals surface area contributed by atoms with Crippen LogP contribution in [0, 0.1) is 0 Å². The van der Waals surface area contributed by atoms with E-state index < -0.39 is 16.9 Å². The molecule has 0 aromatic carbocycles. The molecule has 0 radical (unpaired) electrons. The molecule has 0 amide bonds. The van der Waals surface area contributed by atoms with Crippen LogP contribution in [0.2, 0.25) is 0 Å². The van der Waals surface area contributed by atoms with Crippen molar-refractivity contribution in [1.82, 2.24) is 0 Å². The summed E-state index contributed by atoms with van der Waals surface area (Å²) in [6, 6.07) is 0. The number of methoxy groups -OCH3 is 1. The first-order valence-corrected chi connectivity index (χ1v) is 4.34. The summed E-state index contributed by atoms with van der Waals surface area (Å²) in [4.78, 5) is 11.0. The van der Waals surface area contributed by atoms with Crippen LogP contribution < -0.4 is 0 Å². The van der Waals surface area contributed by atoms with Gasteiger partial charge in [-0.2, -0.15) is 0 Å². The second-order valence-corrected chi connectivity index (χ2v) is 3.42. The Labute approximate surface area is 85.6 Å². The Bertz CT molecular complexity index is 285. The highest BCUT2D eigenvalue weighted by Gasteiger charge is 2.48. The van der Waals surface area contributed by atoms with Crippen molar-refractivity contribution in [2.24, 2.45) is 0 Å². The first-order chi connectivity index (χ1) is 6.05. The minimum absolute atomic E-state index is 0.0741. The highest BCUT2D eigenvalue weighted by atomic mass is 35.5. The van der Waals surface area contributed by atoms with E-state index in [0.29, 0.717) is 0 Å². The quantitative estimate of drug-likeness (QED) is 0.725. The number of aliphatic carboxylic acids is 1. The summed E-state index contributed by atoms with van der Waals surface area (Å²) in [7, 11) is 1.26. The summed E-state index contributed by atoms with van der Waals surface area (Å²) >= 11 is 11.6. The molecule has 3 nitrogen and oxygen atoms in total. The molecule has 5 heteroatoms. The summed E-state index contributed by atoms with van der Waals surface area (Å²) < 4.78 is 4.88. The van der Waals surface area contributed by atoms with Crippen LogP contribution in [0.15, 0.2) is 23.3 Å². The lowest BCUT2D eigenvalue weighted by atomic mass is 9.94. The van der Waals surface area contributed by atoms with Gasteiger partial charge in [0, 0.05) is 7.11 Å². The number of hydrogen-bond acceptors (Lipinski definition) is 2. The molecule has 2 atom stereocenters. The lowest BCUT2D eigenvalue weighted by Gasteiger charge is -2.31. The van der Waals surface area contributed by atoms with Gasteiger partial charge >= 0.3 is 5.97 Å². The van der Waals surface area contributed by atoms with Gasteiger partial charge in [0.1, 0.15) is 0 Å². The smallest absolute Gasteiger partial charge is 0.343 e. The summed E-state index contributed by atoms with van der Waals surface area (Å²) in [6.07, 6.45) is 4.57. The van der Waals surface area contributed by atoms with E-state index in [-0.39, 0.29) is 5.03 Å². The SMILES string of the molecule is COC1(C(=O)O)C(Cl)=CC=CC1Cl. The Balaban J connectivity index is 3.17. The second kappa shape index (κ2) is 3.70. The van der Waals surface area contributed by atoms with Gasteiger partial charge < -0.3 is 9.84 Å². The van der Waals surface area contributed by atoms with Crippen LogP contribution in [-0.2, 0) is 9.53 Å². The van der Waals surface area contributed by atoms with E-state index in [9.17, 15) is 4.79 Å². The molecule has 0 fully saturated rings. The molecule has 0 aromatic rings. The fourth-order valence-electron chi connectivity index (χ4n) is 1.15. The van der Waals surface area contributed by atoms with Gasteiger partial charge in [0.2, 0.25) is 5.60 Å². The number of hydrogen-bond donors (Lipinski definition) is 1. The first-order valence-electron chi connectivity index (χ1n) is 3.52. The zero-order valence-electron chi connectivity index (χ0n) is 6.83. The van der Waals surface area contributed by atoms with Crippen LogP contribution in [0.5, 0.6) is 0 Å². The molecule has 1 rings (SSSR count). The van der Waals surface area contributed by atoms with Gasteiger partial charge in [-0.1, -0.05) is 23.8 Å². The van der Waals surface area contributed by atoms with Crippen molar-refractivity contribution in [3.8, 4) is 0 Å². The fourth-order valence-corrected chi connectivity index (χ4v) is 1.93. The van der Waals surface area contributed by atoms with Crippen LogP contribution in [0.3, 0.4) is 0 Å². The number of carboxylic acids is 1. The highest BCUT2D eigenvalue weighted by molar-refractivity contribution is 6.35. The number of allylic oxidation sites excluding steroid dienone is 2. The molecule has 0 bridgehead atoms. The Hall–Kier alpha value is -0.510. The van der Waals surface area contributed by atoms with Crippen molar-refractivity contribution >= 4 is 29.2 Å². The lowest BCUT2D eigenvalue weighted by Crippen LogP contribution is -2.49. The molecule has 0 aromatic heterocycles. The minimum atomic E-state index is -1.64. The van der Waals surface area contributed by atoms with E-state index in [1.807, 2.05) is 0 Å². The fraction of sp³-hybridized carbons (Fsp3) is 0.375. The first kappa shape index (κ1) is 10.6. The van der Waals surface area contributed by atoms with Gasteiger partial charge in [-0.25, -0.2) is 4.79 Å². The van der Waals surface area contributed by atoms with Gasteiger partial charge in [-0.15, -0.1) is 11.6 Å². The largest absolute Gasteiger partial charge is 0.479 e. The monoisotopic (exact) mass is 222 g/mol. The Morgan fingerprint density at radius 3 is 2.69 bits per heavy atom. The molecule has 0 saturated heterocycles. The Kier molecular flexibility index (Phi) is 3.01. The Morgan fingerprint density at radius 1 is 1.77 bits per heavy atom. The minimum Gasteiger partial charge on any atom is -0.479 e. The van der Waals surface area contributed by atoms with Gasteiger partial charge in [0.15, 0.2) is 0 Å². The van der Waals surface area contributed by atoms with Crippen molar-refractivity contribution in [3.63, 3.8) is 0 Å². The van der Waals surface area contributed by atoms with E-state index in [2.05, 4.69) is 0 Å². The summed E-state index contributed by atoms with van der Waals surface area (Å²) in [5.74, 6) is -1.19.